The maximum absolute atomic E-state index is 13.2. The number of carboxylic acids is 1. The van der Waals surface area contributed by atoms with Crippen LogP contribution in [0.4, 0.5) is 0 Å². The fraction of sp³-hybridized carbons (Fsp3) is 0.920. The molecule has 0 bridgehead atoms. The largest absolute Gasteiger partial charge is 0.481 e. The highest BCUT2D eigenvalue weighted by molar-refractivity contribution is 5.83. The van der Waals surface area contributed by atoms with E-state index in [-0.39, 0.29) is 5.41 Å². The van der Waals surface area contributed by atoms with Crippen LogP contribution in [0.5, 0.6) is 0 Å². The van der Waals surface area contributed by atoms with Crippen molar-refractivity contribution in [2.45, 2.75) is 105 Å². The maximum Gasteiger partial charge on any atom is 0.303 e. The van der Waals surface area contributed by atoms with E-state index in [0.29, 0.717) is 47.2 Å². The van der Waals surface area contributed by atoms with Crippen molar-refractivity contribution in [3.63, 3.8) is 0 Å². The van der Waals surface area contributed by atoms with Gasteiger partial charge in [-0.2, -0.15) is 0 Å². The van der Waals surface area contributed by atoms with Crippen LogP contribution in [0, 0.1) is 40.4 Å². The van der Waals surface area contributed by atoms with Gasteiger partial charge in [-0.25, -0.2) is 0 Å². The summed E-state index contributed by atoms with van der Waals surface area (Å²) in [5, 5.41) is 8.97. The second kappa shape index (κ2) is 8.48. The summed E-state index contributed by atoms with van der Waals surface area (Å²) in [6.45, 7) is 8.96. The Labute approximate surface area is 172 Å². The maximum atomic E-state index is 13.2. The van der Waals surface area contributed by atoms with Crippen LogP contribution in [0.15, 0.2) is 0 Å². The molecule has 4 unspecified atom stereocenters. The summed E-state index contributed by atoms with van der Waals surface area (Å²) in [7, 11) is 0. The Morgan fingerprint density at radius 2 is 1.71 bits per heavy atom. The standard InChI is InChI=1S/C23H36O3.C2H6/c1-22-12-4-3-6-16(22)14-19(24)21-17-10-9-15(7-5-8-20(25)26)23(17,2)13-11-18(21)22;1-2/h15-18,21H,3-14H2,1-2H3,(H,25,26);1-2H3/t15-,16?,17?,18?,21?,22-,23+;/m0./s1. The lowest BCUT2D eigenvalue weighted by molar-refractivity contribution is -0.155. The second-order valence-electron chi connectivity index (χ2n) is 10.5. The highest BCUT2D eigenvalue weighted by Crippen LogP contribution is 2.67. The van der Waals surface area contributed by atoms with Crippen LogP contribution < -0.4 is 0 Å². The number of hydrogen-bond acceptors (Lipinski definition) is 2. The first-order valence-electron chi connectivity index (χ1n) is 12.1. The number of Topliss-reactive ketones (excluding diaryl/α,β-unsaturated/α-hetero) is 1. The Balaban J connectivity index is 0.00000109. The molecule has 0 amide bonds. The van der Waals surface area contributed by atoms with Gasteiger partial charge in [0.15, 0.2) is 0 Å². The van der Waals surface area contributed by atoms with Gasteiger partial charge >= 0.3 is 5.97 Å². The van der Waals surface area contributed by atoms with E-state index in [1.54, 1.807) is 0 Å². The number of fused-ring (bicyclic) bond motifs is 5. The van der Waals surface area contributed by atoms with E-state index in [2.05, 4.69) is 13.8 Å². The van der Waals surface area contributed by atoms with E-state index >= 15 is 0 Å². The van der Waals surface area contributed by atoms with Crippen LogP contribution in [0.2, 0.25) is 0 Å². The van der Waals surface area contributed by atoms with Gasteiger partial charge in [0, 0.05) is 18.8 Å². The molecular weight excluding hydrogens is 348 g/mol. The fourth-order valence-corrected chi connectivity index (χ4v) is 8.04. The van der Waals surface area contributed by atoms with Crippen molar-refractivity contribution in [1.82, 2.24) is 0 Å². The monoisotopic (exact) mass is 390 g/mol. The van der Waals surface area contributed by atoms with E-state index in [9.17, 15) is 9.59 Å². The molecule has 0 aromatic heterocycles. The molecule has 0 radical (unpaired) electrons. The van der Waals surface area contributed by atoms with Gasteiger partial charge in [-0.3, -0.25) is 9.59 Å². The minimum Gasteiger partial charge on any atom is -0.481 e. The number of carbonyl (C=O) groups excluding carboxylic acids is 1. The second-order valence-corrected chi connectivity index (χ2v) is 10.5. The van der Waals surface area contributed by atoms with Crippen molar-refractivity contribution in [2.24, 2.45) is 40.4 Å². The molecule has 0 aromatic rings. The zero-order chi connectivity index (χ0) is 20.5. The predicted molar refractivity (Wildman–Crippen MR) is 113 cm³/mol. The average Bonchev–Trinajstić information content (AvgIpc) is 3.00. The molecule has 3 heteroatoms. The molecule has 3 nitrogen and oxygen atoms in total. The number of aliphatic carboxylic acids is 1. The van der Waals surface area contributed by atoms with Crippen LogP contribution >= 0.6 is 0 Å². The number of ketones is 1. The van der Waals surface area contributed by atoms with Crippen LogP contribution in [-0.4, -0.2) is 16.9 Å². The molecule has 4 aliphatic carbocycles. The molecule has 0 aromatic carbocycles. The van der Waals surface area contributed by atoms with Crippen LogP contribution in [-0.2, 0) is 9.59 Å². The van der Waals surface area contributed by atoms with Crippen molar-refractivity contribution in [1.29, 1.82) is 0 Å². The lowest BCUT2D eigenvalue weighted by Crippen LogP contribution is -2.56. The summed E-state index contributed by atoms with van der Waals surface area (Å²) in [5.74, 6) is 2.65. The summed E-state index contributed by atoms with van der Waals surface area (Å²) in [6, 6.07) is 0. The Kier molecular flexibility index (Phi) is 6.61. The number of hydrogen-bond donors (Lipinski definition) is 1. The van der Waals surface area contributed by atoms with Gasteiger partial charge in [0.25, 0.3) is 0 Å². The highest BCUT2D eigenvalue weighted by atomic mass is 16.4. The smallest absolute Gasteiger partial charge is 0.303 e. The molecule has 0 heterocycles. The third-order valence-corrected chi connectivity index (χ3v) is 9.53. The lowest BCUT2D eigenvalue weighted by atomic mass is 9.44. The van der Waals surface area contributed by atoms with Gasteiger partial charge in [-0.1, -0.05) is 40.5 Å². The quantitative estimate of drug-likeness (QED) is 0.596. The summed E-state index contributed by atoms with van der Waals surface area (Å²) in [5.41, 5.74) is 0.673. The summed E-state index contributed by atoms with van der Waals surface area (Å²) in [6.07, 6.45) is 13.1. The Morgan fingerprint density at radius 3 is 2.43 bits per heavy atom. The molecule has 0 spiro atoms. The van der Waals surface area contributed by atoms with Gasteiger partial charge in [-0.15, -0.1) is 0 Å². The number of carbonyl (C=O) groups is 2. The van der Waals surface area contributed by atoms with Crippen molar-refractivity contribution in [2.75, 3.05) is 0 Å². The molecule has 4 fully saturated rings. The molecule has 4 aliphatic rings. The number of rotatable bonds is 4. The molecule has 28 heavy (non-hydrogen) atoms. The van der Waals surface area contributed by atoms with Gasteiger partial charge in [0.2, 0.25) is 0 Å². The lowest BCUT2D eigenvalue weighted by Gasteiger charge is -2.59. The summed E-state index contributed by atoms with van der Waals surface area (Å²) in [4.78, 5) is 24.1. The van der Waals surface area contributed by atoms with Gasteiger partial charge < -0.3 is 5.11 Å². The van der Waals surface area contributed by atoms with E-state index in [0.717, 1.165) is 19.3 Å². The average molecular weight is 391 g/mol. The van der Waals surface area contributed by atoms with Crippen molar-refractivity contribution < 1.29 is 14.7 Å². The highest BCUT2D eigenvalue weighted by Gasteiger charge is 2.61. The van der Waals surface area contributed by atoms with Gasteiger partial charge in [0.1, 0.15) is 5.78 Å². The molecule has 7 atom stereocenters. The summed E-state index contributed by atoms with van der Waals surface area (Å²) < 4.78 is 0. The van der Waals surface area contributed by atoms with Crippen LogP contribution in [0.25, 0.3) is 0 Å². The summed E-state index contributed by atoms with van der Waals surface area (Å²) >= 11 is 0. The Hall–Kier alpha value is -0.860. The molecule has 160 valence electrons. The molecule has 1 N–H and O–H groups in total. The third kappa shape index (κ3) is 3.56. The normalized spacial score (nSPS) is 44.6. The van der Waals surface area contributed by atoms with Crippen molar-refractivity contribution in [3.8, 4) is 0 Å². The minimum atomic E-state index is -0.674. The van der Waals surface area contributed by atoms with Gasteiger partial charge in [-0.05, 0) is 85.9 Å². The Morgan fingerprint density at radius 1 is 1.00 bits per heavy atom. The third-order valence-electron chi connectivity index (χ3n) is 9.53. The first-order chi connectivity index (χ1) is 13.4. The molecule has 4 saturated carbocycles. The molecule has 4 rings (SSSR count). The molecule has 0 saturated heterocycles. The zero-order valence-corrected chi connectivity index (χ0v) is 18.6. The molecular formula is C25H42O3. The van der Waals surface area contributed by atoms with Gasteiger partial charge in [0.05, 0.1) is 0 Å². The topological polar surface area (TPSA) is 54.4 Å². The van der Waals surface area contributed by atoms with E-state index < -0.39 is 5.97 Å². The predicted octanol–water partition coefficient (Wildman–Crippen LogP) is 6.50. The van der Waals surface area contributed by atoms with E-state index in [1.807, 2.05) is 13.8 Å². The SMILES string of the molecule is CC.C[C@]12CCCCC1CC(=O)C1C2CC[C@@]2(C)C1CC[C@@H]2CCCC(=O)O. The fourth-order valence-electron chi connectivity index (χ4n) is 8.04. The minimum absolute atomic E-state index is 0.271. The first-order valence-corrected chi connectivity index (χ1v) is 12.1. The zero-order valence-electron chi connectivity index (χ0n) is 18.6. The van der Waals surface area contributed by atoms with Crippen molar-refractivity contribution >= 4 is 11.8 Å². The van der Waals surface area contributed by atoms with E-state index in [4.69, 9.17) is 5.11 Å². The van der Waals surface area contributed by atoms with Crippen LogP contribution in [0.1, 0.15) is 105 Å². The molecule has 0 aliphatic heterocycles. The first kappa shape index (κ1) is 21.8. The van der Waals surface area contributed by atoms with E-state index in [1.165, 1.54) is 51.4 Å². The Bertz CT molecular complexity index is 584. The van der Waals surface area contributed by atoms with Crippen molar-refractivity contribution in [3.05, 3.63) is 0 Å². The van der Waals surface area contributed by atoms with Crippen LogP contribution in [0.3, 0.4) is 0 Å². The number of carboxylic acid groups (broad SMARTS) is 1.